The molecule has 0 heterocycles. The number of allylic oxidation sites excluding steroid dienone is 2. The molecule has 5 rings (SSSR count). The van der Waals surface area contributed by atoms with Crippen LogP contribution in [0.2, 0.25) is 0 Å². The van der Waals surface area contributed by atoms with Gasteiger partial charge in [-0.15, -0.1) is 0 Å². The molecule has 4 fully saturated rings. The van der Waals surface area contributed by atoms with Crippen LogP contribution in [0, 0.1) is 47.3 Å². The second-order valence-corrected chi connectivity index (χ2v) is 7.76. The summed E-state index contributed by atoms with van der Waals surface area (Å²) in [5.74, 6) is 8.96. The molecule has 0 aliphatic heterocycles. The van der Waals surface area contributed by atoms with Crippen LogP contribution in [0.5, 0.6) is 0 Å². The highest BCUT2D eigenvalue weighted by Crippen LogP contribution is 2.64. The highest BCUT2D eigenvalue weighted by atomic mass is 14.6. The van der Waals surface area contributed by atoms with E-state index < -0.39 is 0 Å². The summed E-state index contributed by atoms with van der Waals surface area (Å²) in [7, 11) is 0. The van der Waals surface area contributed by atoms with Crippen LogP contribution >= 0.6 is 0 Å². The lowest BCUT2D eigenvalue weighted by Crippen LogP contribution is -2.28. The molecule has 0 saturated heterocycles. The molecule has 0 aromatic rings. The number of hydrogen-bond acceptors (Lipinski definition) is 0. The van der Waals surface area contributed by atoms with E-state index in [0.717, 1.165) is 23.7 Å². The molecule has 8 unspecified atom stereocenters. The van der Waals surface area contributed by atoms with Gasteiger partial charge in [-0.05, 0) is 92.3 Å². The van der Waals surface area contributed by atoms with Gasteiger partial charge in [0.05, 0.1) is 0 Å². The zero-order valence-corrected chi connectivity index (χ0v) is 10.7. The third-order valence-electron chi connectivity index (χ3n) is 7.37. The monoisotopic (exact) mass is 228 g/mol. The van der Waals surface area contributed by atoms with Crippen LogP contribution in [0.3, 0.4) is 0 Å². The summed E-state index contributed by atoms with van der Waals surface area (Å²) >= 11 is 0. The molecule has 0 aromatic carbocycles. The normalized spacial score (nSPS) is 62.6. The third-order valence-corrected chi connectivity index (χ3v) is 7.37. The van der Waals surface area contributed by atoms with Crippen LogP contribution in [0.1, 0.15) is 44.9 Å². The molecule has 0 aromatic heterocycles. The highest BCUT2D eigenvalue weighted by molar-refractivity contribution is 5.14. The molecule has 5 aliphatic rings. The van der Waals surface area contributed by atoms with Crippen molar-refractivity contribution in [1.29, 1.82) is 0 Å². The molecule has 0 radical (unpaired) electrons. The Morgan fingerprint density at radius 2 is 1.53 bits per heavy atom. The molecule has 92 valence electrons. The SMILES string of the molecule is C1=CC2CC1CC2C1CCC2C3CCC(C3)C21. The van der Waals surface area contributed by atoms with Crippen LogP contribution in [-0.4, -0.2) is 0 Å². The molecule has 0 spiro atoms. The van der Waals surface area contributed by atoms with E-state index in [9.17, 15) is 0 Å². The molecule has 17 heavy (non-hydrogen) atoms. The molecule has 0 heteroatoms. The summed E-state index contributed by atoms with van der Waals surface area (Å²) in [6.45, 7) is 0. The minimum Gasteiger partial charge on any atom is -0.0851 e. The predicted octanol–water partition coefficient (Wildman–Crippen LogP) is 4.27. The molecule has 0 N–H and O–H groups in total. The first kappa shape index (κ1) is 9.64. The standard InChI is InChI=1S/C17H24/c1-2-11-7-10(1)8-16(11)15-6-5-14-12-3-4-13(9-12)17(14)15/h1-2,10-17H,3-9H2. The summed E-state index contributed by atoms with van der Waals surface area (Å²) in [4.78, 5) is 0. The Hall–Kier alpha value is -0.260. The van der Waals surface area contributed by atoms with Gasteiger partial charge in [0.2, 0.25) is 0 Å². The minimum absolute atomic E-state index is 0.989. The Balaban J connectivity index is 1.44. The summed E-state index contributed by atoms with van der Waals surface area (Å²) in [6, 6.07) is 0. The van der Waals surface area contributed by atoms with Gasteiger partial charge in [-0.3, -0.25) is 0 Å². The third kappa shape index (κ3) is 1.15. The quantitative estimate of drug-likeness (QED) is 0.588. The topological polar surface area (TPSA) is 0 Å². The van der Waals surface area contributed by atoms with E-state index in [4.69, 9.17) is 0 Å². The molecule has 5 aliphatic carbocycles. The van der Waals surface area contributed by atoms with Crippen molar-refractivity contribution in [1.82, 2.24) is 0 Å². The smallest absolute Gasteiger partial charge is 0.0196 e. The molecular formula is C17H24. The average Bonchev–Trinajstić information content (AvgIpc) is 3.13. The van der Waals surface area contributed by atoms with Gasteiger partial charge in [0.15, 0.2) is 0 Å². The fraction of sp³-hybridized carbons (Fsp3) is 0.882. The van der Waals surface area contributed by atoms with Crippen molar-refractivity contribution >= 4 is 0 Å². The molecule has 8 atom stereocenters. The van der Waals surface area contributed by atoms with Gasteiger partial charge in [-0.1, -0.05) is 12.2 Å². The lowest BCUT2D eigenvalue weighted by atomic mass is 9.70. The van der Waals surface area contributed by atoms with Gasteiger partial charge in [-0.2, -0.15) is 0 Å². The predicted molar refractivity (Wildman–Crippen MR) is 69.4 cm³/mol. The van der Waals surface area contributed by atoms with Crippen molar-refractivity contribution in [2.24, 2.45) is 47.3 Å². The highest BCUT2D eigenvalue weighted by Gasteiger charge is 2.56. The largest absolute Gasteiger partial charge is 0.0851 e. The molecule has 0 nitrogen and oxygen atoms in total. The average molecular weight is 228 g/mol. The Morgan fingerprint density at radius 1 is 0.647 bits per heavy atom. The fourth-order valence-corrected chi connectivity index (χ4v) is 6.94. The van der Waals surface area contributed by atoms with Gasteiger partial charge < -0.3 is 0 Å². The van der Waals surface area contributed by atoms with Gasteiger partial charge >= 0.3 is 0 Å². The second kappa shape index (κ2) is 3.19. The Bertz CT molecular complexity index is 368. The molecular weight excluding hydrogens is 204 g/mol. The fourth-order valence-electron chi connectivity index (χ4n) is 6.94. The Morgan fingerprint density at radius 3 is 2.35 bits per heavy atom. The number of rotatable bonds is 1. The van der Waals surface area contributed by atoms with Crippen LogP contribution < -0.4 is 0 Å². The van der Waals surface area contributed by atoms with E-state index in [-0.39, 0.29) is 0 Å². The Kier molecular flexibility index (Phi) is 1.81. The van der Waals surface area contributed by atoms with Gasteiger partial charge in [0.25, 0.3) is 0 Å². The van der Waals surface area contributed by atoms with E-state index in [0.29, 0.717) is 0 Å². The maximum atomic E-state index is 2.58. The van der Waals surface area contributed by atoms with Crippen LogP contribution in [0.4, 0.5) is 0 Å². The first-order chi connectivity index (χ1) is 8.40. The second-order valence-electron chi connectivity index (χ2n) is 7.76. The van der Waals surface area contributed by atoms with Crippen molar-refractivity contribution in [2.45, 2.75) is 44.9 Å². The van der Waals surface area contributed by atoms with Crippen molar-refractivity contribution in [3.8, 4) is 0 Å². The van der Waals surface area contributed by atoms with Crippen LogP contribution in [-0.2, 0) is 0 Å². The lowest BCUT2D eigenvalue weighted by Gasteiger charge is -2.35. The van der Waals surface area contributed by atoms with Crippen LogP contribution in [0.15, 0.2) is 12.2 Å². The van der Waals surface area contributed by atoms with Gasteiger partial charge in [0.1, 0.15) is 0 Å². The summed E-state index contributed by atoms with van der Waals surface area (Å²) < 4.78 is 0. The van der Waals surface area contributed by atoms with Crippen molar-refractivity contribution in [3.05, 3.63) is 12.2 Å². The Labute approximate surface area is 105 Å². The molecule has 4 bridgehead atoms. The number of fused-ring (bicyclic) bond motifs is 7. The zero-order chi connectivity index (χ0) is 11.0. The maximum absolute atomic E-state index is 2.58. The van der Waals surface area contributed by atoms with E-state index in [1.807, 2.05) is 0 Å². The van der Waals surface area contributed by atoms with Gasteiger partial charge in [0, 0.05) is 0 Å². The van der Waals surface area contributed by atoms with Gasteiger partial charge in [-0.25, -0.2) is 0 Å². The maximum Gasteiger partial charge on any atom is -0.0196 e. The summed E-state index contributed by atoms with van der Waals surface area (Å²) in [5, 5.41) is 0. The van der Waals surface area contributed by atoms with E-state index in [1.54, 1.807) is 38.5 Å². The van der Waals surface area contributed by atoms with E-state index >= 15 is 0 Å². The van der Waals surface area contributed by atoms with E-state index in [1.165, 1.54) is 30.1 Å². The first-order valence-corrected chi connectivity index (χ1v) is 8.08. The minimum atomic E-state index is 0.989. The lowest BCUT2D eigenvalue weighted by molar-refractivity contribution is 0.149. The number of hydrogen-bond donors (Lipinski definition) is 0. The molecule has 0 amide bonds. The summed E-state index contributed by atoms with van der Waals surface area (Å²) in [6.07, 6.45) is 16.2. The summed E-state index contributed by atoms with van der Waals surface area (Å²) in [5.41, 5.74) is 0. The van der Waals surface area contributed by atoms with E-state index in [2.05, 4.69) is 12.2 Å². The van der Waals surface area contributed by atoms with Crippen molar-refractivity contribution < 1.29 is 0 Å². The van der Waals surface area contributed by atoms with Crippen LogP contribution in [0.25, 0.3) is 0 Å². The van der Waals surface area contributed by atoms with Crippen molar-refractivity contribution in [2.75, 3.05) is 0 Å². The van der Waals surface area contributed by atoms with Crippen molar-refractivity contribution in [3.63, 3.8) is 0 Å². The first-order valence-electron chi connectivity index (χ1n) is 8.08. The zero-order valence-electron chi connectivity index (χ0n) is 10.7. The molecule has 4 saturated carbocycles.